The molecule has 1 aromatic heterocycles. The van der Waals surface area contributed by atoms with Gasteiger partial charge in [-0.25, -0.2) is 6.57 Å². The van der Waals surface area contributed by atoms with Crippen molar-refractivity contribution in [2.24, 2.45) is 0 Å². The Bertz CT molecular complexity index is 571. The molecule has 0 fully saturated rings. The maximum atomic E-state index is 7.47. The van der Waals surface area contributed by atoms with Crippen molar-refractivity contribution in [3.05, 3.63) is 75.9 Å². The molecule has 0 bridgehead atoms. The Hall–Kier alpha value is -2.14. The third-order valence-electron chi connectivity index (χ3n) is 3.11. The average molecular weight is 236 g/mol. The van der Waals surface area contributed by atoms with Gasteiger partial charge in [-0.2, -0.15) is 0 Å². The Balaban J connectivity index is 2.57. The fourth-order valence-electron chi connectivity index (χ4n) is 2.44. The van der Waals surface area contributed by atoms with Crippen LogP contribution >= 0.6 is 0 Å². The van der Waals surface area contributed by atoms with Crippen molar-refractivity contribution in [3.8, 4) is 0 Å². The van der Waals surface area contributed by atoms with E-state index in [2.05, 4.69) is 42.7 Å². The van der Waals surface area contributed by atoms with E-state index in [4.69, 9.17) is 6.57 Å². The molecule has 0 saturated carbocycles. The van der Waals surface area contributed by atoms with E-state index in [1.54, 1.807) is 6.20 Å². The second-order valence-electron chi connectivity index (χ2n) is 4.60. The van der Waals surface area contributed by atoms with Crippen molar-refractivity contribution in [1.29, 1.82) is 0 Å². The summed E-state index contributed by atoms with van der Waals surface area (Å²) in [6.07, 6.45) is 1.74. The maximum absolute atomic E-state index is 7.47. The van der Waals surface area contributed by atoms with Crippen LogP contribution in [0.15, 0.2) is 36.5 Å². The average Bonchev–Trinajstić information content (AvgIpc) is 2.34. The largest absolute Gasteiger partial charge is 0.301 e. The first kappa shape index (κ1) is 12.3. The molecule has 1 atom stereocenters. The molecule has 0 spiro atoms. The number of rotatable bonds is 2. The highest BCUT2D eigenvalue weighted by atomic mass is 14.8. The van der Waals surface area contributed by atoms with Gasteiger partial charge in [0.05, 0.1) is 0 Å². The second kappa shape index (κ2) is 5.01. The zero-order chi connectivity index (χ0) is 13.1. The third-order valence-corrected chi connectivity index (χ3v) is 3.11. The molecule has 0 radical (unpaired) electrons. The summed E-state index contributed by atoms with van der Waals surface area (Å²) in [5.41, 5.74) is 5.48. The predicted octanol–water partition coefficient (Wildman–Crippen LogP) is 4.02. The van der Waals surface area contributed by atoms with Crippen LogP contribution < -0.4 is 0 Å². The molecule has 2 nitrogen and oxygen atoms in total. The van der Waals surface area contributed by atoms with Gasteiger partial charge in [0.1, 0.15) is 5.69 Å². The molecule has 0 aliphatic heterocycles. The summed E-state index contributed by atoms with van der Waals surface area (Å²) in [4.78, 5) is 8.08. The molecule has 1 aromatic carbocycles. The second-order valence-corrected chi connectivity index (χ2v) is 4.60. The summed E-state index contributed by atoms with van der Waals surface area (Å²) in [7, 11) is 0. The van der Waals surface area contributed by atoms with Gasteiger partial charge in [0, 0.05) is 11.8 Å². The predicted molar refractivity (Wildman–Crippen MR) is 73.3 cm³/mol. The molecule has 0 aliphatic carbocycles. The van der Waals surface area contributed by atoms with E-state index >= 15 is 0 Å². The summed E-state index contributed by atoms with van der Waals surface area (Å²) < 4.78 is 0. The van der Waals surface area contributed by atoms with Crippen LogP contribution in [0.4, 0.5) is 0 Å². The van der Waals surface area contributed by atoms with Crippen LogP contribution in [-0.4, -0.2) is 4.98 Å². The molecule has 1 heterocycles. The van der Waals surface area contributed by atoms with E-state index in [9.17, 15) is 0 Å². The van der Waals surface area contributed by atoms with E-state index in [0.717, 1.165) is 11.3 Å². The Kier molecular flexibility index (Phi) is 3.43. The summed E-state index contributed by atoms with van der Waals surface area (Å²) in [5.74, 6) is 0. The van der Waals surface area contributed by atoms with Crippen LogP contribution in [0.2, 0.25) is 0 Å². The lowest BCUT2D eigenvalue weighted by molar-refractivity contribution is 0.924. The van der Waals surface area contributed by atoms with Crippen molar-refractivity contribution in [3.63, 3.8) is 0 Å². The minimum absolute atomic E-state index is 0.299. The molecule has 18 heavy (non-hydrogen) atoms. The Morgan fingerprint density at radius 1 is 1.11 bits per heavy atom. The Labute approximate surface area is 108 Å². The van der Waals surface area contributed by atoms with Gasteiger partial charge in [-0.05, 0) is 44.0 Å². The highest BCUT2D eigenvalue weighted by Gasteiger charge is 2.24. The molecule has 0 aliphatic rings. The van der Waals surface area contributed by atoms with Crippen LogP contribution in [0.3, 0.4) is 0 Å². The monoisotopic (exact) mass is 236 g/mol. The topological polar surface area (TPSA) is 17.2 Å². The lowest BCUT2D eigenvalue weighted by atomic mass is 9.92. The first-order valence-electron chi connectivity index (χ1n) is 5.98. The summed E-state index contributed by atoms with van der Waals surface area (Å²) in [6.45, 7) is 13.7. The van der Waals surface area contributed by atoms with Gasteiger partial charge >= 0.3 is 0 Å². The van der Waals surface area contributed by atoms with Gasteiger partial charge in [0.15, 0.2) is 0 Å². The molecule has 90 valence electrons. The third kappa shape index (κ3) is 2.26. The number of pyridine rings is 1. The molecule has 2 aromatic rings. The van der Waals surface area contributed by atoms with Crippen molar-refractivity contribution in [2.75, 3.05) is 0 Å². The number of benzene rings is 1. The fourth-order valence-corrected chi connectivity index (χ4v) is 2.44. The lowest BCUT2D eigenvalue weighted by Crippen LogP contribution is -2.04. The van der Waals surface area contributed by atoms with Crippen molar-refractivity contribution < 1.29 is 0 Å². The maximum Gasteiger partial charge on any atom is 0.290 e. The van der Waals surface area contributed by atoms with Gasteiger partial charge in [0.25, 0.3) is 6.04 Å². The van der Waals surface area contributed by atoms with Crippen LogP contribution in [-0.2, 0) is 0 Å². The summed E-state index contributed by atoms with van der Waals surface area (Å²) in [6, 6.07) is 9.68. The number of aryl methyl sites for hydroxylation is 3. The van der Waals surface area contributed by atoms with E-state index in [0.29, 0.717) is 0 Å². The minimum atomic E-state index is -0.299. The first-order valence-corrected chi connectivity index (χ1v) is 5.98. The molecule has 1 unspecified atom stereocenters. The zero-order valence-corrected chi connectivity index (χ0v) is 10.9. The van der Waals surface area contributed by atoms with Crippen LogP contribution in [0.1, 0.15) is 34.0 Å². The van der Waals surface area contributed by atoms with Crippen LogP contribution in [0.25, 0.3) is 4.85 Å². The lowest BCUT2D eigenvalue weighted by Gasteiger charge is -2.12. The Morgan fingerprint density at radius 3 is 2.28 bits per heavy atom. The van der Waals surface area contributed by atoms with Crippen LogP contribution in [0, 0.1) is 27.3 Å². The molecular formula is C16H16N2. The van der Waals surface area contributed by atoms with Gasteiger partial charge < -0.3 is 4.85 Å². The first-order chi connectivity index (χ1) is 8.63. The highest BCUT2D eigenvalue weighted by Crippen LogP contribution is 2.30. The quantitative estimate of drug-likeness (QED) is 0.720. The molecule has 2 heteroatoms. The van der Waals surface area contributed by atoms with E-state index in [-0.39, 0.29) is 6.04 Å². The normalized spacial score (nSPS) is 11.9. The van der Waals surface area contributed by atoms with Gasteiger partial charge in [0.2, 0.25) is 0 Å². The molecular weight excluding hydrogens is 220 g/mol. The van der Waals surface area contributed by atoms with Crippen molar-refractivity contribution in [2.45, 2.75) is 26.8 Å². The summed E-state index contributed by atoms with van der Waals surface area (Å²) >= 11 is 0. The van der Waals surface area contributed by atoms with E-state index in [1.807, 2.05) is 18.2 Å². The van der Waals surface area contributed by atoms with Gasteiger partial charge in [-0.15, -0.1) is 0 Å². The number of hydrogen-bond donors (Lipinski definition) is 0. The van der Waals surface area contributed by atoms with Gasteiger partial charge in [-0.3, -0.25) is 4.98 Å². The van der Waals surface area contributed by atoms with Gasteiger partial charge in [-0.1, -0.05) is 23.8 Å². The van der Waals surface area contributed by atoms with Crippen molar-refractivity contribution >= 4 is 0 Å². The summed E-state index contributed by atoms with van der Waals surface area (Å²) in [5, 5.41) is 0. The minimum Gasteiger partial charge on any atom is -0.301 e. The fraction of sp³-hybridized carbons (Fsp3) is 0.250. The number of nitrogens with zero attached hydrogens (tertiary/aromatic N) is 2. The van der Waals surface area contributed by atoms with Crippen LogP contribution in [0.5, 0.6) is 0 Å². The molecule has 2 rings (SSSR count). The van der Waals surface area contributed by atoms with Crippen molar-refractivity contribution in [1.82, 2.24) is 4.98 Å². The highest BCUT2D eigenvalue weighted by molar-refractivity contribution is 5.44. The smallest absolute Gasteiger partial charge is 0.290 e. The molecule has 0 amide bonds. The molecule has 0 saturated heterocycles. The van der Waals surface area contributed by atoms with E-state index in [1.165, 1.54) is 16.7 Å². The number of hydrogen-bond acceptors (Lipinski definition) is 1. The van der Waals surface area contributed by atoms with E-state index < -0.39 is 0 Å². The number of aromatic nitrogens is 1. The SMILES string of the molecule is [C-]#[N+]C(c1ccccn1)c1c(C)cc(C)cc1C. The zero-order valence-electron chi connectivity index (χ0n) is 10.9. The Morgan fingerprint density at radius 2 is 1.78 bits per heavy atom. The standard InChI is InChI=1S/C16H16N2/c1-11-9-12(2)15(13(3)10-11)16(17-4)14-7-5-6-8-18-14/h5-10,16H,1-3H3. The molecule has 0 N–H and O–H groups in total.